The first-order valence-electron chi connectivity index (χ1n) is 6.54. The maximum absolute atomic E-state index is 12.0. The zero-order valence-electron chi connectivity index (χ0n) is 10.9. The van der Waals surface area contributed by atoms with E-state index in [2.05, 4.69) is 22.9 Å². The highest BCUT2D eigenvalue weighted by atomic mass is 16.1. The molecule has 2 rings (SSSR count). The van der Waals surface area contributed by atoms with Gasteiger partial charge in [0.2, 0.25) is 0 Å². The predicted molar refractivity (Wildman–Crippen MR) is 73.1 cm³/mol. The molecule has 0 fully saturated rings. The first-order valence-corrected chi connectivity index (χ1v) is 6.54. The molecule has 0 unspecified atom stereocenters. The Bertz CT molecular complexity index is 414. The van der Waals surface area contributed by atoms with Gasteiger partial charge in [-0.05, 0) is 6.42 Å². The average Bonchev–Trinajstić information content (AvgIpc) is 2.85. The number of carbonyl (C=O) groups is 1. The van der Waals surface area contributed by atoms with Crippen LogP contribution in [0.5, 0.6) is 0 Å². The van der Waals surface area contributed by atoms with Crippen LogP contribution in [-0.4, -0.2) is 35.3 Å². The van der Waals surface area contributed by atoms with E-state index in [1.54, 1.807) is 0 Å². The van der Waals surface area contributed by atoms with Crippen molar-refractivity contribution >= 4 is 5.78 Å². The summed E-state index contributed by atoms with van der Waals surface area (Å²) in [5, 5.41) is 0. The minimum atomic E-state index is 0.178. The second kappa shape index (κ2) is 6.24. The highest BCUT2D eigenvalue weighted by molar-refractivity contribution is 5.97. The van der Waals surface area contributed by atoms with Crippen molar-refractivity contribution in [1.82, 2.24) is 9.80 Å². The van der Waals surface area contributed by atoms with Crippen LogP contribution in [0, 0.1) is 0 Å². The van der Waals surface area contributed by atoms with E-state index in [1.807, 2.05) is 36.5 Å². The number of unbranched alkanes of at least 4 members (excludes halogenated alkanes) is 1. The fraction of sp³-hybridized carbons (Fsp3) is 0.400. The van der Waals surface area contributed by atoms with E-state index in [4.69, 9.17) is 0 Å². The summed E-state index contributed by atoms with van der Waals surface area (Å²) in [7, 11) is 0. The van der Waals surface area contributed by atoms with Crippen LogP contribution in [0.1, 0.15) is 30.1 Å². The molecule has 1 aromatic carbocycles. The van der Waals surface area contributed by atoms with Gasteiger partial charge in [-0.15, -0.1) is 0 Å². The number of hydrogen-bond donors (Lipinski definition) is 0. The first kappa shape index (κ1) is 12.7. The molecule has 0 saturated heterocycles. The fourth-order valence-corrected chi connectivity index (χ4v) is 2.03. The molecule has 0 radical (unpaired) electrons. The molecule has 1 aliphatic rings. The van der Waals surface area contributed by atoms with Gasteiger partial charge in [-0.3, -0.25) is 4.79 Å². The Balaban J connectivity index is 1.82. The van der Waals surface area contributed by atoms with E-state index in [1.165, 1.54) is 12.8 Å². The minimum absolute atomic E-state index is 0.178. The summed E-state index contributed by atoms with van der Waals surface area (Å²) in [6.45, 7) is 4.56. The van der Waals surface area contributed by atoms with Crippen molar-refractivity contribution in [3.8, 4) is 0 Å². The summed E-state index contributed by atoms with van der Waals surface area (Å²) in [6, 6.07) is 9.48. The number of rotatable bonds is 6. The molecule has 0 aromatic heterocycles. The van der Waals surface area contributed by atoms with Crippen molar-refractivity contribution in [1.29, 1.82) is 0 Å². The van der Waals surface area contributed by atoms with Crippen LogP contribution in [0.4, 0.5) is 0 Å². The number of hydrogen-bond acceptors (Lipinski definition) is 3. The van der Waals surface area contributed by atoms with Gasteiger partial charge in [0, 0.05) is 24.5 Å². The first-order chi connectivity index (χ1) is 8.79. The summed E-state index contributed by atoms with van der Waals surface area (Å²) in [5.41, 5.74) is 0.790. The van der Waals surface area contributed by atoms with E-state index in [0.29, 0.717) is 6.54 Å². The quantitative estimate of drug-likeness (QED) is 0.719. The third-order valence-electron chi connectivity index (χ3n) is 3.09. The number of carbonyl (C=O) groups excluding carboxylic acids is 1. The Morgan fingerprint density at radius 2 is 1.89 bits per heavy atom. The summed E-state index contributed by atoms with van der Waals surface area (Å²) in [4.78, 5) is 16.3. The number of Topliss-reactive ketones (excluding diaryl/α,β-unsaturated/α-hetero) is 1. The Labute approximate surface area is 109 Å². The van der Waals surface area contributed by atoms with Crippen LogP contribution < -0.4 is 0 Å². The SMILES string of the molecule is CCCCN1C=CN(CC(=O)c2ccccc2)C1. The molecule has 96 valence electrons. The fourth-order valence-electron chi connectivity index (χ4n) is 2.03. The molecule has 0 bridgehead atoms. The summed E-state index contributed by atoms with van der Waals surface area (Å²) < 4.78 is 0. The van der Waals surface area contributed by atoms with Gasteiger partial charge < -0.3 is 9.80 Å². The average molecular weight is 244 g/mol. The topological polar surface area (TPSA) is 23.6 Å². The largest absolute Gasteiger partial charge is 0.359 e. The van der Waals surface area contributed by atoms with Gasteiger partial charge in [0.05, 0.1) is 13.2 Å². The van der Waals surface area contributed by atoms with Gasteiger partial charge in [-0.2, -0.15) is 0 Å². The lowest BCUT2D eigenvalue weighted by Gasteiger charge is -2.20. The molecule has 0 atom stereocenters. The van der Waals surface area contributed by atoms with E-state index < -0.39 is 0 Å². The molecule has 0 N–H and O–H groups in total. The molecular weight excluding hydrogens is 224 g/mol. The highest BCUT2D eigenvalue weighted by Gasteiger charge is 2.15. The van der Waals surface area contributed by atoms with Crippen LogP contribution >= 0.6 is 0 Å². The van der Waals surface area contributed by atoms with Crippen LogP contribution in [0.25, 0.3) is 0 Å². The Kier molecular flexibility index (Phi) is 4.40. The standard InChI is InChI=1S/C15H20N2O/c1-2-3-9-16-10-11-17(13-16)12-15(18)14-7-5-4-6-8-14/h4-8,10-11H,2-3,9,12-13H2,1H3. The maximum Gasteiger partial charge on any atom is 0.182 e. The number of nitrogens with zero attached hydrogens (tertiary/aromatic N) is 2. The molecule has 3 heteroatoms. The summed E-state index contributed by atoms with van der Waals surface area (Å²) in [5.74, 6) is 0.178. The van der Waals surface area contributed by atoms with E-state index in [-0.39, 0.29) is 5.78 Å². The zero-order valence-corrected chi connectivity index (χ0v) is 10.9. The maximum atomic E-state index is 12.0. The number of ketones is 1. The smallest absolute Gasteiger partial charge is 0.182 e. The predicted octanol–water partition coefficient (Wildman–Crippen LogP) is 2.72. The minimum Gasteiger partial charge on any atom is -0.359 e. The summed E-state index contributed by atoms with van der Waals surface area (Å²) in [6.07, 6.45) is 6.49. The molecule has 3 nitrogen and oxygen atoms in total. The van der Waals surface area contributed by atoms with Crippen molar-refractivity contribution in [2.45, 2.75) is 19.8 Å². The molecule has 1 heterocycles. The molecular formula is C15H20N2O. The molecule has 0 aliphatic carbocycles. The van der Waals surface area contributed by atoms with Gasteiger partial charge in [-0.1, -0.05) is 43.7 Å². The molecule has 18 heavy (non-hydrogen) atoms. The molecule has 1 aliphatic heterocycles. The zero-order chi connectivity index (χ0) is 12.8. The normalized spacial score (nSPS) is 14.3. The number of benzene rings is 1. The molecule has 1 aromatic rings. The van der Waals surface area contributed by atoms with Crippen molar-refractivity contribution in [2.24, 2.45) is 0 Å². The lowest BCUT2D eigenvalue weighted by atomic mass is 10.1. The Hall–Kier alpha value is -1.77. The van der Waals surface area contributed by atoms with E-state index >= 15 is 0 Å². The van der Waals surface area contributed by atoms with E-state index in [9.17, 15) is 4.79 Å². The third-order valence-corrected chi connectivity index (χ3v) is 3.09. The van der Waals surface area contributed by atoms with Gasteiger partial charge in [0.1, 0.15) is 0 Å². The van der Waals surface area contributed by atoms with Gasteiger partial charge in [-0.25, -0.2) is 0 Å². The van der Waals surface area contributed by atoms with Crippen molar-refractivity contribution < 1.29 is 4.79 Å². The highest BCUT2D eigenvalue weighted by Crippen LogP contribution is 2.09. The Morgan fingerprint density at radius 3 is 2.61 bits per heavy atom. The van der Waals surface area contributed by atoms with E-state index in [0.717, 1.165) is 18.8 Å². The van der Waals surface area contributed by atoms with Gasteiger partial charge >= 0.3 is 0 Å². The van der Waals surface area contributed by atoms with Crippen molar-refractivity contribution in [2.75, 3.05) is 19.8 Å². The van der Waals surface area contributed by atoms with Crippen LogP contribution in [0.15, 0.2) is 42.7 Å². The second-order valence-electron chi connectivity index (χ2n) is 4.64. The second-order valence-corrected chi connectivity index (χ2v) is 4.64. The summed E-state index contributed by atoms with van der Waals surface area (Å²) >= 11 is 0. The third kappa shape index (κ3) is 3.36. The Morgan fingerprint density at radius 1 is 1.17 bits per heavy atom. The molecule has 0 amide bonds. The lowest BCUT2D eigenvalue weighted by Crippen LogP contribution is -2.30. The molecule has 0 saturated carbocycles. The van der Waals surface area contributed by atoms with Crippen molar-refractivity contribution in [3.05, 3.63) is 48.3 Å². The molecule has 0 spiro atoms. The van der Waals surface area contributed by atoms with Crippen LogP contribution in [-0.2, 0) is 0 Å². The van der Waals surface area contributed by atoms with Crippen LogP contribution in [0.2, 0.25) is 0 Å². The monoisotopic (exact) mass is 244 g/mol. The van der Waals surface area contributed by atoms with Gasteiger partial charge in [0.15, 0.2) is 5.78 Å². The van der Waals surface area contributed by atoms with Crippen molar-refractivity contribution in [3.63, 3.8) is 0 Å². The van der Waals surface area contributed by atoms with Crippen LogP contribution in [0.3, 0.4) is 0 Å². The van der Waals surface area contributed by atoms with Gasteiger partial charge in [0.25, 0.3) is 0 Å². The lowest BCUT2D eigenvalue weighted by molar-refractivity contribution is 0.0945.